The molecule has 0 unspecified atom stereocenters. The molecule has 0 saturated carbocycles. The summed E-state index contributed by atoms with van der Waals surface area (Å²) in [6.07, 6.45) is 0. The fourth-order valence-corrected chi connectivity index (χ4v) is 1.54. The van der Waals surface area contributed by atoms with E-state index in [9.17, 15) is 0 Å². The Labute approximate surface area is 82.1 Å². The third kappa shape index (κ3) is 3.65. The molecule has 0 spiro atoms. The number of aliphatic hydroxyl groups excluding tert-OH is 1. The average molecular weight is 199 g/mol. The third-order valence-corrected chi connectivity index (χ3v) is 2.45. The van der Waals surface area contributed by atoms with Crippen LogP contribution in [0.4, 0.5) is 0 Å². The van der Waals surface area contributed by atoms with Crippen molar-refractivity contribution < 1.29 is 9.84 Å². The summed E-state index contributed by atoms with van der Waals surface area (Å²) < 4.78 is 4.99. The molecule has 0 amide bonds. The summed E-state index contributed by atoms with van der Waals surface area (Å²) in [6, 6.07) is 5.69. The number of pyridine rings is 1. The fraction of sp³-hybridized carbons (Fsp3) is 0.444. The molecule has 0 aromatic carbocycles. The van der Waals surface area contributed by atoms with Gasteiger partial charge in [0.05, 0.1) is 19.4 Å². The Morgan fingerprint density at radius 3 is 3.08 bits per heavy atom. The van der Waals surface area contributed by atoms with Crippen molar-refractivity contribution in [2.24, 2.45) is 0 Å². The van der Waals surface area contributed by atoms with Crippen LogP contribution in [-0.4, -0.2) is 29.6 Å². The highest BCUT2D eigenvalue weighted by Gasteiger charge is 1.96. The molecule has 1 aromatic rings. The van der Waals surface area contributed by atoms with E-state index in [2.05, 4.69) is 4.98 Å². The molecule has 1 N–H and O–H groups in total. The van der Waals surface area contributed by atoms with Gasteiger partial charge < -0.3 is 9.84 Å². The highest BCUT2D eigenvalue weighted by Crippen LogP contribution is 2.12. The number of rotatable bonds is 5. The Balaban J connectivity index is 2.46. The largest absolute Gasteiger partial charge is 0.481 e. The minimum Gasteiger partial charge on any atom is -0.481 e. The van der Waals surface area contributed by atoms with E-state index in [4.69, 9.17) is 9.84 Å². The molecule has 1 rings (SSSR count). The molecule has 0 aliphatic heterocycles. The Bertz CT molecular complexity index is 255. The van der Waals surface area contributed by atoms with Gasteiger partial charge in [-0.3, -0.25) is 0 Å². The van der Waals surface area contributed by atoms with Gasteiger partial charge >= 0.3 is 0 Å². The van der Waals surface area contributed by atoms with Crippen molar-refractivity contribution in [2.75, 3.05) is 19.5 Å². The van der Waals surface area contributed by atoms with Crippen LogP contribution in [0.3, 0.4) is 0 Å². The van der Waals surface area contributed by atoms with Crippen LogP contribution < -0.4 is 4.74 Å². The molecular weight excluding hydrogens is 186 g/mol. The van der Waals surface area contributed by atoms with E-state index in [-0.39, 0.29) is 6.61 Å². The van der Waals surface area contributed by atoms with E-state index in [0.29, 0.717) is 5.88 Å². The molecule has 1 heterocycles. The van der Waals surface area contributed by atoms with Gasteiger partial charge in [0.1, 0.15) is 0 Å². The topological polar surface area (TPSA) is 42.4 Å². The maximum absolute atomic E-state index is 8.58. The molecule has 0 aliphatic rings. The van der Waals surface area contributed by atoms with Gasteiger partial charge in [0.25, 0.3) is 0 Å². The van der Waals surface area contributed by atoms with Crippen LogP contribution in [-0.2, 0) is 5.75 Å². The van der Waals surface area contributed by atoms with Gasteiger partial charge in [0.2, 0.25) is 5.88 Å². The van der Waals surface area contributed by atoms with Crippen LogP contribution in [0.1, 0.15) is 5.69 Å². The zero-order chi connectivity index (χ0) is 9.52. The number of thioether (sulfide) groups is 1. The molecule has 0 saturated heterocycles. The molecule has 72 valence electrons. The van der Waals surface area contributed by atoms with Crippen molar-refractivity contribution in [1.29, 1.82) is 0 Å². The summed E-state index contributed by atoms with van der Waals surface area (Å²) in [7, 11) is 1.60. The molecule has 13 heavy (non-hydrogen) atoms. The van der Waals surface area contributed by atoms with Crippen molar-refractivity contribution in [3.8, 4) is 5.88 Å². The third-order valence-electron chi connectivity index (χ3n) is 1.48. The summed E-state index contributed by atoms with van der Waals surface area (Å²) in [5.41, 5.74) is 0.984. The Morgan fingerprint density at radius 1 is 1.54 bits per heavy atom. The Morgan fingerprint density at radius 2 is 2.38 bits per heavy atom. The van der Waals surface area contributed by atoms with E-state index < -0.39 is 0 Å². The fourth-order valence-electron chi connectivity index (χ4n) is 0.893. The minimum atomic E-state index is 0.217. The first-order valence-corrected chi connectivity index (χ1v) is 5.21. The summed E-state index contributed by atoms with van der Waals surface area (Å²) in [4.78, 5) is 4.24. The molecular formula is C9H13NO2S. The highest BCUT2D eigenvalue weighted by atomic mass is 32.2. The lowest BCUT2D eigenvalue weighted by atomic mass is 10.4. The van der Waals surface area contributed by atoms with E-state index >= 15 is 0 Å². The zero-order valence-electron chi connectivity index (χ0n) is 7.56. The first-order valence-electron chi connectivity index (χ1n) is 4.05. The van der Waals surface area contributed by atoms with Crippen molar-refractivity contribution >= 4 is 11.8 Å². The lowest BCUT2D eigenvalue weighted by molar-refractivity contribution is 0.322. The molecule has 3 nitrogen and oxygen atoms in total. The molecule has 0 fully saturated rings. The van der Waals surface area contributed by atoms with Crippen molar-refractivity contribution in [1.82, 2.24) is 4.98 Å². The van der Waals surface area contributed by atoms with Crippen LogP contribution in [0, 0.1) is 0 Å². The predicted octanol–water partition coefficient (Wildman–Crippen LogP) is 1.32. The van der Waals surface area contributed by atoms with Crippen LogP contribution in [0.5, 0.6) is 5.88 Å². The van der Waals surface area contributed by atoms with Crippen LogP contribution in [0.25, 0.3) is 0 Å². The summed E-state index contributed by atoms with van der Waals surface area (Å²) >= 11 is 1.66. The maximum atomic E-state index is 8.58. The summed E-state index contributed by atoms with van der Waals surface area (Å²) in [5.74, 6) is 2.21. The summed E-state index contributed by atoms with van der Waals surface area (Å²) in [6.45, 7) is 0.217. The normalized spacial score (nSPS) is 10.0. The number of aromatic nitrogens is 1. The van der Waals surface area contributed by atoms with Gasteiger partial charge in [-0.25, -0.2) is 4.98 Å². The van der Waals surface area contributed by atoms with Gasteiger partial charge in [-0.2, -0.15) is 11.8 Å². The van der Waals surface area contributed by atoms with E-state index in [0.717, 1.165) is 17.2 Å². The zero-order valence-corrected chi connectivity index (χ0v) is 8.38. The minimum absolute atomic E-state index is 0.217. The van der Waals surface area contributed by atoms with Crippen LogP contribution in [0.15, 0.2) is 18.2 Å². The number of hydrogen-bond acceptors (Lipinski definition) is 4. The van der Waals surface area contributed by atoms with Crippen molar-refractivity contribution in [3.63, 3.8) is 0 Å². The SMILES string of the molecule is COc1cccc(CSCCO)n1. The van der Waals surface area contributed by atoms with Crippen LogP contribution in [0.2, 0.25) is 0 Å². The van der Waals surface area contributed by atoms with E-state index in [1.54, 1.807) is 18.9 Å². The second-order valence-electron chi connectivity index (χ2n) is 2.45. The first kappa shape index (κ1) is 10.3. The molecule has 0 atom stereocenters. The predicted molar refractivity (Wildman–Crippen MR) is 54.0 cm³/mol. The van der Waals surface area contributed by atoms with Gasteiger partial charge in [-0.1, -0.05) is 6.07 Å². The van der Waals surface area contributed by atoms with Crippen molar-refractivity contribution in [3.05, 3.63) is 23.9 Å². The Kier molecular flexibility index (Phi) is 4.64. The molecule has 1 aromatic heterocycles. The Hall–Kier alpha value is -0.740. The highest BCUT2D eigenvalue weighted by molar-refractivity contribution is 7.98. The van der Waals surface area contributed by atoms with Crippen molar-refractivity contribution in [2.45, 2.75) is 5.75 Å². The van der Waals surface area contributed by atoms with E-state index in [1.807, 2.05) is 18.2 Å². The lowest BCUT2D eigenvalue weighted by Crippen LogP contribution is -1.93. The number of ether oxygens (including phenoxy) is 1. The lowest BCUT2D eigenvalue weighted by Gasteiger charge is -2.02. The average Bonchev–Trinajstić information content (AvgIpc) is 2.19. The van der Waals surface area contributed by atoms with Gasteiger partial charge in [0, 0.05) is 17.6 Å². The van der Waals surface area contributed by atoms with Gasteiger partial charge in [0.15, 0.2) is 0 Å². The molecule has 0 bridgehead atoms. The number of nitrogens with zero attached hydrogens (tertiary/aromatic N) is 1. The second-order valence-corrected chi connectivity index (χ2v) is 3.55. The number of aliphatic hydroxyl groups is 1. The van der Waals surface area contributed by atoms with Gasteiger partial charge in [-0.05, 0) is 6.07 Å². The number of hydrogen-bond donors (Lipinski definition) is 1. The van der Waals surface area contributed by atoms with Crippen LogP contribution >= 0.6 is 11.8 Å². The van der Waals surface area contributed by atoms with E-state index in [1.165, 1.54) is 0 Å². The maximum Gasteiger partial charge on any atom is 0.213 e. The smallest absolute Gasteiger partial charge is 0.213 e. The standard InChI is InChI=1S/C9H13NO2S/c1-12-9-4-2-3-8(10-9)7-13-6-5-11/h2-4,11H,5-7H2,1H3. The quantitative estimate of drug-likeness (QED) is 0.726. The number of methoxy groups -OCH3 is 1. The van der Waals surface area contributed by atoms with Gasteiger partial charge in [-0.15, -0.1) is 0 Å². The molecule has 4 heteroatoms. The first-order chi connectivity index (χ1) is 6.36. The monoisotopic (exact) mass is 199 g/mol. The molecule has 0 aliphatic carbocycles. The second kappa shape index (κ2) is 5.83. The summed E-state index contributed by atoms with van der Waals surface area (Å²) in [5, 5.41) is 8.58. The molecule has 0 radical (unpaired) electrons.